The first-order chi connectivity index (χ1) is 9.36. The van der Waals surface area contributed by atoms with Gasteiger partial charge in [0.2, 0.25) is 0 Å². The molecule has 0 N–H and O–H groups in total. The van der Waals surface area contributed by atoms with E-state index in [1.807, 2.05) is 0 Å². The van der Waals surface area contributed by atoms with Gasteiger partial charge in [0.15, 0.2) is 6.29 Å². The zero-order valence-corrected chi connectivity index (χ0v) is 11.4. The monoisotopic (exact) mass is 260 g/mol. The summed E-state index contributed by atoms with van der Waals surface area (Å²) in [6, 6.07) is 4.12. The van der Waals surface area contributed by atoms with Crippen molar-refractivity contribution in [2.24, 2.45) is 0 Å². The summed E-state index contributed by atoms with van der Waals surface area (Å²) in [7, 11) is 1.76. The summed E-state index contributed by atoms with van der Waals surface area (Å²) >= 11 is 0. The van der Waals surface area contributed by atoms with Gasteiger partial charge in [-0.1, -0.05) is 0 Å². The fraction of sp³-hybridized carbons (Fsp3) is 0.625. The smallest absolute Gasteiger partial charge is 0.199 e. The van der Waals surface area contributed by atoms with Gasteiger partial charge in [0.25, 0.3) is 0 Å². The zero-order valence-electron chi connectivity index (χ0n) is 11.4. The lowest BCUT2D eigenvalue weighted by molar-refractivity contribution is -0.106. The Labute approximate surface area is 113 Å². The van der Waals surface area contributed by atoms with Crippen LogP contribution in [0.25, 0.3) is 0 Å². The van der Waals surface area contributed by atoms with Crippen LogP contribution in [0, 0.1) is 0 Å². The van der Waals surface area contributed by atoms with Gasteiger partial charge in [0.1, 0.15) is 11.5 Å². The predicted molar refractivity (Wildman–Crippen MR) is 71.9 cm³/mol. The van der Waals surface area contributed by atoms with Crippen molar-refractivity contribution in [3.8, 4) is 11.5 Å². The maximum Gasteiger partial charge on any atom is 0.199 e. The van der Waals surface area contributed by atoms with Crippen molar-refractivity contribution in [2.45, 2.75) is 50.2 Å². The van der Waals surface area contributed by atoms with E-state index in [0.717, 1.165) is 30.9 Å². The van der Waals surface area contributed by atoms with Crippen molar-refractivity contribution in [3.63, 3.8) is 0 Å². The predicted octanol–water partition coefficient (Wildman–Crippen LogP) is 3.58. The summed E-state index contributed by atoms with van der Waals surface area (Å²) in [5.74, 6) is 3.46. The summed E-state index contributed by atoms with van der Waals surface area (Å²) in [5, 5.41) is 0. The summed E-state index contributed by atoms with van der Waals surface area (Å²) < 4.78 is 17.3. The highest BCUT2D eigenvalue weighted by atomic mass is 16.7. The van der Waals surface area contributed by atoms with Crippen molar-refractivity contribution < 1.29 is 14.2 Å². The minimum absolute atomic E-state index is 0.0518. The van der Waals surface area contributed by atoms with Crippen LogP contribution in [0.4, 0.5) is 0 Å². The number of benzene rings is 1. The van der Waals surface area contributed by atoms with Crippen LogP contribution >= 0.6 is 0 Å². The van der Waals surface area contributed by atoms with E-state index < -0.39 is 0 Å². The van der Waals surface area contributed by atoms with Crippen LogP contribution in [-0.2, 0) is 4.74 Å². The second kappa shape index (κ2) is 4.41. The van der Waals surface area contributed by atoms with E-state index in [9.17, 15) is 0 Å². The van der Waals surface area contributed by atoms with Crippen molar-refractivity contribution in [1.82, 2.24) is 0 Å². The van der Waals surface area contributed by atoms with Crippen LogP contribution in [0.15, 0.2) is 12.1 Å². The van der Waals surface area contributed by atoms with Gasteiger partial charge in [-0.25, -0.2) is 0 Å². The minimum atomic E-state index is -0.0518. The van der Waals surface area contributed by atoms with Gasteiger partial charge in [-0.2, -0.15) is 0 Å². The Morgan fingerprint density at radius 3 is 2.47 bits per heavy atom. The number of hydrogen-bond donors (Lipinski definition) is 0. The van der Waals surface area contributed by atoms with Crippen molar-refractivity contribution in [3.05, 3.63) is 23.3 Å². The molecule has 102 valence electrons. The SMILES string of the molecule is COc1ccc(OC2CCCCO2)c2c1C1CC2C1. The summed E-state index contributed by atoms with van der Waals surface area (Å²) in [5.41, 5.74) is 2.80. The fourth-order valence-corrected chi connectivity index (χ4v) is 3.75. The highest BCUT2D eigenvalue weighted by Crippen LogP contribution is 2.62. The van der Waals surface area contributed by atoms with E-state index in [1.165, 1.54) is 30.4 Å². The van der Waals surface area contributed by atoms with Crippen LogP contribution < -0.4 is 9.47 Å². The van der Waals surface area contributed by atoms with Gasteiger partial charge >= 0.3 is 0 Å². The van der Waals surface area contributed by atoms with Crippen molar-refractivity contribution in [2.75, 3.05) is 13.7 Å². The van der Waals surface area contributed by atoms with E-state index >= 15 is 0 Å². The van der Waals surface area contributed by atoms with Crippen LogP contribution in [0.2, 0.25) is 0 Å². The largest absolute Gasteiger partial charge is 0.496 e. The molecule has 1 unspecified atom stereocenters. The Morgan fingerprint density at radius 1 is 1.05 bits per heavy atom. The maximum atomic E-state index is 6.12. The minimum Gasteiger partial charge on any atom is -0.496 e. The van der Waals surface area contributed by atoms with Gasteiger partial charge in [-0.15, -0.1) is 0 Å². The summed E-state index contributed by atoms with van der Waals surface area (Å²) in [6.07, 6.45) is 5.87. The van der Waals surface area contributed by atoms with Gasteiger partial charge in [-0.3, -0.25) is 0 Å². The molecule has 1 saturated heterocycles. The molecule has 5 rings (SSSR count). The number of rotatable bonds is 3. The van der Waals surface area contributed by atoms with Crippen LogP contribution in [0.5, 0.6) is 11.5 Å². The Bertz CT molecular complexity index is 485. The molecule has 2 bridgehead atoms. The van der Waals surface area contributed by atoms with E-state index in [0.29, 0.717) is 11.8 Å². The molecule has 1 aromatic rings. The summed E-state index contributed by atoms with van der Waals surface area (Å²) in [4.78, 5) is 0. The standard InChI is InChI=1S/C16H20O3/c1-17-12-5-6-13(19-14-4-2-3-7-18-14)16-11-8-10(9-11)15(12)16/h5-6,10-11,14H,2-4,7-9H2,1H3. The molecule has 19 heavy (non-hydrogen) atoms. The molecule has 1 aromatic carbocycles. The molecule has 2 fully saturated rings. The van der Waals surface area contributed by atoms with E-state index in [2.05, 4.69) is 12.1 Å². The first-order valence-electron chi connectivity index (χ1n) is 7.36. The lowest BCUT2D eigenvalue weighted by Gasteiger charge is -2.26. The molecule has 1 atom stereocenters. The van der Waals surface area contributed by atoms with Gasteiger partial charge in [0, 0.05) is 17.5 Å². The average Bonchev–Trinajstić information content (AvgIpc) is 2.95. The molecule has 0 spiro atoms. The molecule has 3 heteroatoms. The lowest BCUT2D eigenvalue weighted by atomic mass is 9.81. The Morgan fingerprint density at radius 2 is 1.79 bits per heavy atom. The number of methoxy groups -OCH3 is 1. The molecular formula is C16H20O3. The summed E-state index contributed by atoms with van der Waals surface area (Å²) in [6.45, 7) is 0.828. The number of ether oxygens (including phenoxy) is 3. The van der Waals surface area contributed by atoms with Crippen molar-refractivity contribution in [1.29, 1.82) is 0 Å². The van der Waals surface area contributed by atoms with Crippen LogP contribution in [-0.4, -0.2) is 20.0 Å². The molecule has 3 nitrogen and oxygen atoms in total. The van der Waals surface area contributed by atoms with Crippen LogP contribution in [0.1, 0.15) is 55.1 Å². The third-order valence-electron chi connectivity index (χ3n) is 4.78. The molecule has 1 aliphatic heterocycles. The lowest BCUT2D eigenvalue weighted by Crippen LogP contribution is -2.25. The molecule has 0 amide bonds. The molecular weight excluding hydrogens is 240 g/mol. The number of hydrogen-bond acceptors (Lipinski definition) is 3. The Balaban J connectivity index is 1.64. The first-order valence-corrected chi connectivity index (χ1v) is 7.36. The molecule has 1 saturated carbocycles. The van der Waals surface area contributed by atoms with Crippen LogP contribution in [0.3, 0.4) is 0 Å². The van der Waals surface area contributed by atoms with Gasteiger partial charge < -0.3 is 14.2 Å². The zero-order chi connectivity index (χ0) is 12.8. The van der Waals surface area contributed by atoms with Gasteiger partial charge in [0.05, 0.1) is 13.7 Å². The quantitative estimate of drug-likeness (QED) is 0.831. The molecule has 0 aromatic heterocycles. The highest BCUT2D eigenvalue weighted by molar-refractivity contribution is 5.59. The highest BCUT2D eigenvalue weighted by Gasteiger charge is 2.46. The second-order valence-corrected chi connectivity index (χ2v) is 5.87. The van der Waals surface area contributed by atoms with Gasteiger partial charge in [-0.05, 0) is 49.7 Å². The molecule has 1 heterocycles. The van der Waals surface area contributed by atoms with E-state index in [-0.39, 0.29) is 6.29 Å². The van der Waals surface area contributed by atoms with E-state index in [1.54, 1.807) is 7.11 Å². The average molecular weight is 260 g/mol. The van der Waals surface area contributed by atoms with E-state index in [4.69, 9.17) is 14.2 Å². The third kappa shape index (κ3) is 1.75. The topological polar surface area (TPSA) is 27.7 Å². The normalized spacial score (nSPS) is 31.5. The Kier molecular flexibility index (Phi) is 2.69. The molecule has 0 radical (unpaired) electrons. The first kappa shape index (κ1) is 11.6. The molecule has 4 aliphatic rings. The molecule has 3 aliphatic carbocycles. The third-order valence-corrected chi connectivity index (χ3v) is 4.78. The van der Waals surface area contributed by atoms with Crippen molar-refractivity contribution >= 4 is 0 Å². The second-order valence-electron chi connectivity index (χ2n) is 5.87. The maximum absolute atomic E-state index is 6.12. The Hall–Kier alpha value is -1.22. The fourth-order valence-electron chi connectivity index (χ4n) is 3.75.